The summed E-state index contributed by atoms with van der Waals surface area (Å²) in [5.41, 5.74) is 8.09. The average Bonchev–Trinajstić information content (AvgIpc) is 2.23. The molecule has 0 amide bonds. The van der Waals surface area contributed by atoms with Gasteiger partial charge in [0, 0.05) is 23.6 Å². The second-order valence-corrected chi connectivity index (χ2v) is 8.30. The molecule has 0 radical (unpaired) electrons. The fraction of sp³-hybridized carbons (Fsp3) is 0.647. The van der Waals surface area contributed by atoms with Gasteiger partial charge in [-0.15, -0.1) is 0 Å². The summed E-state index contributed by atoms with van der Waals surface area (Å²) in [4.78, 5) is 2.41. The highest BCUT2D eigenvalue weighted by molar-refractivity contribution is 9.10. The van der Waals surface area contributed by atoms with E-state index >= 15 is 0 Å². The molecule has 1 aliphatic heterocycles. The summed E-state index contributed by atoms with van der Waals surface area (Å²) >= 11 is 3.72. The van der Waals surface area contributed by atoms with Crippen molar-refractivity contribution in [2.45, 2.75) is 58.3 Å². The van der Waals surface area contributed by atoms with Gasteiger partial charge in [-0.3, -0.25) is 0 Å². The zero-order chi connectivity index (χ0) is 15.8. The number of hydrogen-bond acceptors (Lipinski definition) is 3. The molecule has 2 N–H and O–H groups in total. The number of nitrogens with two attached hydrogens (primary N) is 1. The lowest BCUT2D eigenvalue weighted by atomic mass is 9.98. The predicted octanol–water partition coefficient (Wildman–Crippen LogP) is 3.73. The van der Waals surface area contributed by atoms with Crippen molar-refractivity contribution < 1.29 is 4.74 Å². The molecule has 1 heterocycles. The van der Waals surface area contributed by atoms with Crippen LogP contribution in [0.25, 0.3) is 0 Å². The Morgan fingerprint density at radius 1 is 1.24 bits per heavy atom. The maximum atomic E-state index is 6.16. The summed E-state index contributed by atoms with van der Waals surface area (Å²) in [6.07, 6.45) is 0.902. The number of ether oxygens (including phenoxy) is 1. The van der Waals surface area contributed by atoms with Crippen LogP contribution in [-0.2, 0) is 11.2 Å². The molecule has 3 nitrogen and oxygen atoms in total. The fourth-order valence-corrected chi connectivity index (χ4v) is 3.94. The van der Waals surface area contributed by atoms with Crippen molar-refractivity contribution in [1.29, 1.82) is 0 Å². The minimum absolute atomic E-state index is 0.147. The van der Waals surface area contributed by atoms with Gasteiger partial charge in [0.25, 0.3) is 0 Å². The molecular weight excluding hydrogens is 328 g/mol. The zero-order valence-corrected chi connectivity index (χ0v) is 15.3. The van der Waals surface area contributed by atoms with E-state index in [1.165, 1.54) is 11.3 Å². The van der Waals surface area contributed by atoms with Gasteiger partial charge in [-0.05, 0) is 74.7 Å². The Balaban J connectivity index is 2.25. The fourth-order valence-electron chi connectivity index (χ4n) is 3.26. The Hall–Kier alpha value is -0.580. The Kier molecular flexibility index (Phi) is 4.72. The van der Waals surface area contributed by atoms with E-state index in [1.54, 1.807) is 0 Å². The van der Waals surface area contributed by atoms with Crippen LogP contribution in [0.1, 0.15) is 40.2 Å². The first-order chi connectivity index (χ1) is 9.58. The molecule has 4 heteroatoms. The highest BCUT2D eigenvalue weighted by atomic mass is 79.9. The minimum atomic E-state index is -0.147. The normalized spacial score (nSPS) is 22.1. The van der Waals surface area contributed by atoms with Crippen molar-refractivity contribution in [1.82, 2.24) is 0 Å². The molecule has 118 valence electrons. The standard InChI is InChI=1S/C17H27BrN2O/c1-12(19)8-13-6-7-15(14(18)9-13)20-10-16(2,3)21-17(4,5)11-20/h6-7,9,12H,8,10-11,19H2,1-5H3. The van der Waals surface area contributed by atoms with E-state index < -0.39 is 0 Å². The van der Waals surface area contributed by atoms with E-state index in [-0.39, 0.29) is 17.2 Å². The Morgan fingerprint density at radius 2 is 1.81 bits per heavy atom. The van der Waals surface area contributed by atoms with Crippen LogP contribution in [0.4, 0.5) is 5.69 Å². The van der Waals surface area contributed by atoms with Crippen molar-refractivity contribution in [3.05, 3.63) is 28.2 Å². The molecule has 0 spiro atoms. The molecule has 1 aromatic rings. The lowest BCUT2D eigenvalue weighted by Crippen LogP contribution is -2.57. The minimum Gasteiger partial charge on any atom is -0.366 e. The summed E-state index contributed by atoms with van der Waals surface area (Å²) in [6.45, 7) is 12.4. The van der Waals surface area contributed by atoms with Crippen molar-refractivity contribution in [2.24, 2.45) is 5.73 Å². The van der Waals surface area contributed by atoms with E-state index in [0.29, 0.717) is 0 Å². The van der Waals surface area contributed by atoms with Crippen LogP contribution in [-0.4, -0.2) is 30.3 Å². The van der Waals surface area contributed by atoms with Gasteiger partial charge in [0.2, 0.25) is 0 Å². The summed E-state index contributed by atoms with van der Waals surface area (Å²) in [6, 6.07) is 6.75. The molecule has 1 aromatic carbocycles. The highest BCUT2D eigenvalue weighted by Gasteiger charge is 2.38. The average molecular weight is 355 g/mol. The second-order valence-electron chi connectivity index (χ2n) is 7.44. The monoisotopic (exact) mass is 354 g/mol. The molecule has 1 aliphatic rings. The first-order valence-corrected chi connectivity index (χ1v) is 8.36. The molecule has 1 saturated heterocycles. The second kappa shape index (κ2) is 5.90. The van der Waals surface area contributed by atoms with Gasteiger partial charge in [-0.1, -0.05) is 6.07 Å². The first kappa shape index (κ1) is 16.8. The van der Waals surface area contributed by atoms with Crippen LogP contribution < -0.4 is 10.6 Å². The molecule has 1 atom stereocenters. The number of benzene rings is 1. The molecule has 21 heavy (non-hydrogen) atoms. The van der Waals surface area contributed by atoms with Crippen molar-refractivity contribution in [3.8, 4) is 0 Å². The van der Waals surface area contributed by atoms with Crippen LogP contribution in [0.15, 0.2) is 22.7 Å². The first-order valence-electron chi connectivity index (χ1n) is 7.57. The summed E-state index contributed by atoms with van der Waals surface area (Å²) < 4.78 is 7.29. The number of anilines is 1. The molecule has 0 saturated carbocycles. The maximum Gasteiger partial charge on any atom is 0.0808 e. The Labute approximate surface area is 137 Å². The maximum absolute atomic E-state index is 6.16. The highest BCUT2D eigenvalue weighted by Crippen LogP contribution is 2.35. The van der Waals surface area contributed by atoms with Crippen molar-refractivity contribution in [2.75, 3.05) is 18.0 Å². The van der Waals surface area contributed by atoms with Gasteiger partial charge in [0.15, 0.2) is 0 Å². The number of nitrogens with zero attached hydrogens (tertiary/aromatic N) is 1. The van der Waals surface area contributed by atoms with E-state index in [4.69, 9.17) is 10.5 Å². The molecule has 2 rings (SSSR count). The van der Waals surface area contributed by atoms with E-state index in [9.17, 15) is 0 Å². The van der Waals surface area contributed by atoms with Gasteiger partial charge >= 0.3 is 0 Å². The van der Waals surface area contributed by atoms with Gasteiger partial charge in [-0.25, -0.2) is 0 Å². The molecule has 1 unspecified atom stereocenters. The lowest BCUT2D eigenvalue weighted by Gasteiger charge is -2.48. The van der Waals surface area contributed by atoms with E-state index in [0.717, 1.165) is 24.0 Å². The third-order valence-corrected chi connectivity index (χ3v) is 4.24. The topological polar surface area (TPSA) is 38.5 Å². The Bertz CT molecular complexity index is 496. The van der Waals surface area contributed by atoms with Gasteiger partial charge in [0.05, 0.1) is 16.9 Å². The molecule has 0 aromatic heterocycles. The third-order valence-electron chi connectivity index (χ3n) is 3.61. The van der Waals surface area contributed by atoms with Gasteiger partial charge < -0.3 is 15.4 Å². The molecule has 0 bridgehead atoms. The number of morpholine rings is 1. The zero-order valence-electron chi connectivity index (χ0n) is 13.7. The predicted molar refractivity (Wildman–Crippen MR) is 93.0 cm³/mol. The van der Waals surface area contributed by atoms with Gasteiger partial charge in [0.1, 0.15) is 0 Å². The molecular formula is C17H27BrN2O. The largest absolute Gasteiger partial charge is 0.366 e. The third kappa shape index (κ3) is 4.44. The number of hydrogen-bond donors (Lipinski definition) is 1. The van der Waals surface area contributed by atoms with Crippen LogP contribution in [0, 0.1) is 0 Å². The van der Waals surface area contributed by atoms with Crippen LogP contribution in [0.5, 0.6) is 0 Å². The van der Waals surface area contributed by atoms with Crippen LogP contribution >= 0.6 is 15.9 Å². The quantitative estimate of drug-likeness (QED) is 0.898. The number of rotatable bonds is 3. The molecule has 0 aliphatic carbocycles. The van der Waals surface area contributed by atoms with Gasteiger partial charge in [-0.2, -0.15) is 0 Å². The van der Waals surface area contributed by atoms with Crippen molar-refractivity contribution in [3.63, 3.8) is 0 Å². The summed E-state index contributed by atoms with van der Waals surface area (Å²) in [7, 11) is 0. The van der Waals surface area contributed by atoms with E-state index in [2.05, 4.69) is 66.7 Å². The Morgan fingerprint density at radius 3 is 2.29 bits per heavy atom. The lowest BCUT2D eigenvalue weighted by molar-refractivity contribution is -0.133. The summed E-state index contributed by atoms with van der Waals surface area (Å²) in [5.74, 6) is 0. The van der Waals surface area contributed by atoms with Crippen LogP contribution in [0.2, 0.25) is 0 Å². The number of halogens is 1. The van der Waals surface area contributed by atoms with Crippen LogP contribution in [0.3, 0.4) is 0 Å². The smallest absolute Gasteiger partial charge is 0.0808 e. The van der Waals surface area contributed by atoms with E-state index in [1.807, 2.05) is 6.92 Å². The SMILES string of the molecule is CC(N)Cc1ccc(N2CC(C)(C)OC(C)(C)C2)c(Br)c1. The molecule has 1 fully saturated rings. The summed E-state index contributed by atoms with van der Waals surface area (Å²) in [5, 5.41) is 0. The van der Waals surface area contributed by atoms with Crippen molar-refractivity contribution >= 4 is 21.6 Å².